The molecule has 3 heterocycles. The number of likely N-dealkylation sites (N-methyl/N-ethyl adjacent to an activating group) is 1. The smallest absolute Gasteiger partial charge is 0.255 e. The average molecular weight is 311 g/mol. The van der Waals surface area contributed by atoms with E-state index in [0.29, 0.717) is 18.2 Å². The number of nitrogens with zero attached hydrogens (tertiary/aromatic N) is 5. The molecule has 1 aliphatic heterocycles. The Balaban J connectivity index is 1.62. The molecule has 0 bridgehead atoms. The Bertz CT molecular complexity index is 676. The number of hydrogen-bond donors (Lipinski definition) is 0. The van der Waals surface area contributed by atoms with E-state index in [1.165, 1.54) is 0 Å². The molecule has 0 saturated carbocycles. The van der Waals surface area contributed by atoms with Crippen molar-refractivity contribution in [3.63, 3.8) is 0 Å². The molecule has 1 aliphatic rings. The van der Waals surface area contributed by atoms with E-state index in [-0.39, 0.29) is 5.91 Å². The van der Waals surface area contributed by atoms with Crippen LogP contribution in [0.4, 0.5) is 0 Å². The SMILES string of the molecule is Cc1ncccc1C(=O)N1CCC(N(C)Cc2ncccn2)C1. The van der Waals surface area contributed by atoms with Gasteiger partial charge in [-0.15, -0.1) is 0 Å². The van der Waals surface area contributed by atoms with Gasteiger partial charge in [-0.3, -0.25) is 14.7 Å². The lowest BCUT2D eigenvalue weighted by molar-refractivity contribution is 0.0778. The highest BCUT2D eigenvalue weighted by Gasteiger charge is 2.30. The minimum Gasteiger partial charge on any atom is -0.337 e. The number of rotatable bonds is 4. The molecule has 0 aromatic carbocycles. The lowest BCUT2D eigenvalue weighted by Gasteiger charge is -2.24. The van der Waals surface area contributed by atoms with Crippen LogP contribution in [0.15, 0.2) is 36.8 Å². The summed E-state index contributed by atoms with van der Waals surface area (Å²) in [6.45, 7) is 4.08. The molecule has 3 rings (SSSR count). The van der Waals surface area contributed by atoms with E-state index < -0.39 is 0 Å². The van der Waals surface area contributed by atoms with Crippen LogP contribution in [0.2, 0.25) is 0 Å². The van der Waals surface area contributed by atoms with Crippen LogP contribution in [0.1, 0.15) is 28.3 Å². The van der Waals surface area contributed by atoms with E-state index in [1.807, 2.05) is 30.0 Å². The third-order valence-electron chi connectivity index (χ3n) is 4.32. The van der Waals surface area contributed by atoms with Gasteiger partial charge in [0.2, 0.25) is 0 Å². The zero-order chi connectivity index (χ0) is 16.2. The number of amides is 1. The van der Waals surface area contributed by atoms with Crippen molar-refractivity contribution in [2.24, 2.45) is 0 Å². The molecule has 0 radical (unpaired) electrons. The molecule has 1 fully saturated rings. The first-order valence-electron chi connectivity index (χ1n) is 7.82. The third-order valence-corrected chi connectivity index (χ3v) is 4.32. The second-order valence-electron chi connectivity index (χ2n) is 5.91. The molecule has 1 atom stereocenters. The van der Waals surface area contributed by atoms with Crippen LogP contribution in [0.25, 0.3) is 0 Å². The topological polar surface area (TPSA) is 62.2 Å². The first-order chi connectivity index (χ1) is 11.1. The molecular formula is C17H21N5O. The quantitative estimate of drug-likeness (QED) is 0.857. The predicted molar refractivity (Wildman–Crippen MR) is 86.8 cm³/mol. The van der Waals surface area contributed by atoms with Gasteiger partial charge in [-0.05, 0) is 38.6 Å². The van der Waals surface area contributed by atoms with E-state index in [1.54, 1.807) is 18.6 Å². The van der Waals surface area contributed by atoms with Gasteiger partial charge < -0.3 is 4.90 Å². The zero-order valence-corrected chi connectivity index (χ0v) is 13.5. The monoisotopic (exact) mass is 311 g/mol. The summed E-state index contributed by atoms with van der Waals surface area (Å²) in [5.41, 5.74) is 1.48. The molecule has 23 heavy (non-hydrogen) atoms. The number of carbonyl (C=O) groups is 1. The van der Waals surface area contributed by atoms with Gasteiger partial charge in [0.25, 0.3) is 5.91 Å². The Morgan fingerprint density at radius 2 is 2.00 bits per heavy atom. The molecule has 1 amide bonds. The summed E-state index contributed by atoms with van der Waals surface area (Å²) in [6.07, 6.45) is 6.19. The lowest BCUT2D eigenvalue weighted by Crippen LogP contribution is -2.36. The second kappa shape index (κ2) is 6.83. The summed E-state index contributed by atoms with van der Waals surface area (Å²) >= 11 is 0. The molecule has 120 valence electrons. The minimum absolute atomic E-state index is 0.0717. The number of pyridine rings is 1. The molecule has 6 heteroatoms. The molecule has 2 aromatic heterocycles. The van der Waals surface area contributed by atoms with E-state index in [9.17, 15) is 4.79 Å². The van der Waals surface area contributed by atoms with Crippen LogP contribution < -0.4 is 0 Å². The molecular weight excluding hydrogens is 290 g/mol. The van der Waals surface area contributed by atoms with Crippen LogP contribution >= 0.6 is 0 Å². The van der Waals surface area contributed by atoms with Crippen LogP contribution in [0.5, 0.6) is 0 Å². The second-order valence-corrected chi connectivity index (χ2v) is 5.91. The maximum atomic E-state index is 12.6. The van der Waals surface area contributed by atoms with Crippen LogP contribution in [-0.2, 0) is 6.54 Å². The van der Waals surface area contributed by atoms with Gasteiger partial charge in [-0.1, -0.05) is 0 Å². The number of aryl methyl sites for hydroxylation is 1. The van der Waals surface area contributed by atoms with E-state index in [4.69, 9.17) is 0 Å². The van der Waals surface area contributed by atoms with Crippen LogP contribution in [0, 0.1) is 6.92 Å². The van der Waals surface area contributed by atoms with E-state index >= 15 is 0 Å². The number of aromatic nitrogens is 3. The van der Waals surface area contributed by atoms with Crippen LogP contribution in [-0.4, -0.2) is 56.8 Å². The summed E-state index contributed by atoms with van der Waals surface area (Å²) in [4.78, 5) is 29.5. The Kier molecular flexibility index (Phi) is 4.62. The fourth-order valence-corrected chi connectivity index (χ4v) is 2.93. The number of carbonyl (C=O) groups excluding carboxylic acids is 1. The molecule has 0 aliphatic carbocycles. The predicted octanol–water partition coefficient (Wildman–Crippen LogP) is 1.53. The van der Waals surface area contributed by atoms with Crippen molar-refractivity contribution in [1.29, 1.82) is 0 Å². The van der Waals surface area contributed by atoms with Crippen molar-refractivity contribution >= 4 is 5.91 Å². The van der Waals surface area contributed by atoms with Crippen molar-refractivity contribution in [2.75, 3.05) is 20.1 Å². The summed E-state index contributed by atoms with van der Waals surface area (Å²) in [6, 6.07) is 5.81. The molecule has 6 nitrogen and oxygen atoms in total. The van der Waals surface area contributed by atoms with Gasteiger partial charge >= 0.3 is 0 Å². The Morgan fingerprint density at radius 3 is 2.74 bits per heavy atom. The molecule has 2 aromatic rings. The van der Waals surface area contributed by atoms with Crippen molar-refractivity contribution in [3.8, 4) is 0 Å². The largest absolute Gasteiger partial charge is 0.337 e. The van der Waals surface area contributed by atoms with Gasteiger partial charge in [-0.25, -0.2) is 9.97 Å². The summed E-state index contributed by atoms with van der Waals surface area (Å²) in [5.74, 6) is 0.880. The highest BCUT2D eigenvalue weighted by molar-refractivity contribution is 5.95. The Morgan fingerprint density at radius 1 is 1.26 bits per heavy atom. The maximum absolute atomic E-state index is 12.6. The normalized spacial score (nSPS) is 17.7. The highest BCUT2D eigenvalue weighted by Crippen LogP contribution is 2.19. The third kappa shape index (κ3) is 3.53. The van der Waals surface area contributed by atoms with Crippen molar-refractivity contribution in [2.45, 2.75) is 25.9 Å². The first kappa shape index (κ1) is 15.6. The van der Waals surface area contributed by atoms with Crippen molar-refractivity contribution < 1.29 is 4.79 Å². The Labute approximate surface area is 136 Å². The number of likely N-dealkylation sites (tertiary alicyclic amines) is 1. The van der Waals surface area contributed by atoms with Crippen molar-refractivity contribution in [3.05, 3.63) is 53.9 Å². The molecule has 1 saturated heterocycles. The van der Waals surface area contributed by atoms with E-state index in [2.05, 4.69) is 26.9 Å². The number of hydrogen-bond acceptors (Lipinski definition) is 5. The van der Waals surface area contributed by atoms with Gasteiger partial charge in [0.05, 0.1) is 12.1 Å². The molecule has 1 unspecified atom stereocenters. The minimum atomic E-state index is 0.0717. The summed E-state index contributed by atoms with van der Waals surface area (Å²) in [7, 11) is 2.06. The van der Waals surface area contributed by atoms with Gasteiger partial charge in [0.1, 0.15) is 5.82 Å². The first-order valence-corrected chi connectivity index (χ1v) is 7.82. The van der Waals surface area contributed by atoms with Crippen molar-refractivity contribution in [1.82, 2.24) is 24.8 Å². The summed E-state index contributed by atoms with van der Waals surface area (Å²) in [5, 5.41) is 0. The summed E-state index contributed by atoms with van der Waals surface area (Å²) < 4.78 is 0. The van der Waals surface area contributed by atoms with Gasteiger partial charge in [-0.2, -0.15) is 0 Å². The average Bonchev–Trinajstić information content (AvgIpc) is 3.06. The molecule has 0 spiro atoms. The van der Waals surface area contributed by atoms with Gasteiger partial charge in [0, 0.05) is 43.4 Å². The van der Waals surface area contributed by atoms with Gasteiger partial charge in [0.15, 0.2) is 0 Å². The highest BCUT2D eigenvalue weighted by atomic mass is 16.2. The maximum Gasteiger partial charge on any atom is 0.255 e. The van der Waals surface area contributed by atoms with Crippen LogP contribution in [0.3, 0.4) is 0 Å². The zero-order valence-electron chi connectivity index (χ0n) is 13.5. The fraction of sp³-hybridized carbons (Fsp3) is 0.412. The standard InChI is InChI=1S/C17H21N5O/c1-13-15(5-3-7-18-13)17(23)22-10-6-14(11-22)21(2)12-16-19-8-4-9-20-16/h3-5,7-9,14H,6,10-12H2,1-2H3. The fourth-order valence-electron chi connectivity index (χ4n) is 2.93. The van der Waals surface area contributed by atoms with E-state index in [0.717, 1.165) is 31.0 Å². The lowest BCUT2D eigenvalue weighted by atomic mass is 10.2. The Hall–Kier alpha value is -2.34. The molecule has 0 N–H and O–H groups in total.